The second-order valence-electron chi connectivity index (χ2n) is 4.48. The molecule has 0 aliphatic carbocycles. The third-order valence-electron chi connectivity index (χ3n) is 3.07. The van der Waals surface area contributed by atoms with E-state index >= 15 is 0 Å². The van der Waals surface area contributed by atoms with Gasteiger partial charge in [-0.15, -0.1) is 0 Å². The van der Waals surface area contributed by atoms with Crippen molar-refractivity contribution in [2.24, 2.45) is 5.73 Å². The van der Waals surface area contributed by atoms with Crippen molar-refractivity contribution in [1.29, 1.82) is 0 Å². The maximum atomic E-state index is 5.72. The lowest BCUT2D eigenvalue weighted by Crippen LogP contribution is -2.14. The van der Waals surface area contributed by atoms with Gasteiger partial charge in [-0.25, -0.2) is 9.97 Å². The predicted octanol–water partition coefficient (Wildman–Crippen LogP) is 2.22. The van der Waals surface area contributed by atoms with E-state index in [9.17, 15) is 0 Å². The van der Waals surface area contributed by atoms with E-state index < -0.39 is 0 Å². The molecule has 2 rings (SSSR count). The number of hydrogen-bond donors (Lipinski definition) is 1. The lowest BCUT2D eigenvalue weighted by atomic mass is 9.98. The predicted molar refractivity (Wildman–Crippen MR) is 72.2 cm³/mol. The van der Waals surface area contributed by atoms with E-state index in [1.807, 2.05) is 32.0 Å². The minimum Gasteiger partial charge on any atom is -0.330 e. The van der Waals surface area contributed by atoms with Crippen LogP contribution in [0.4, 0.5) is 0 Å². The van der Waals surface area contributed by atoms with Crippen molar-refractivity contribution in [2.75, 3.05) is 6.54 Å². The quantitative estimate of drug-likeness (QED) is 0.896. The minimum absolute atomic E-state index is 0.280. The van der Waals surface area contributed by atoms with E-state index in [4.69, 9.17) is 5.73 Å². The van der Waals surface area contributed by atoms with Crippen LogP contribution in [-0.4, -0.2) is 21.5 Å². The van der Waals surface area contributed by atoms with Crippen molar-refractivity contribution in [3.8, 4) is 11.5 Å². The van der Waals surface area contributed by atoms with Gasteiger partial charge in [-0.3, -0.25) is 4.98 Å². The van der Waals surface area contributed by atoms with Crippen molar-refractivity contribution in [3.63, 3.8) is 0 Å². The molecule has 0 saturated carbocycles. The first-order valence-corrected chi connectivity index (χ1v) is 6.10. The molecule has 2 heterocycles. The molecule has 1 unspecified atom stereocenters. The molecule has 0 amide bonds. The van der Waals surface area contributed by atoms with E-state index in [2.05, 4.69) is 21.9 Å². The van der Waals surface area contributed by atoms with Gasteiger partial charge in [0.15, 0.2) is 5.82 Å². The van der Waals surface area contributed by atoms with Crippen LogP contribution in [0.2, 0.25) is 0 Å². The van der Waals surface area contributed by atoms with Crippen molar-refractivity contribution in [1.82, 2.24) is 15.0 Å². The van der Waals surface area contributed by atoms with Gasteiger partial charge in [-0.1, -0.05) is 13.0 Å². The summed E-state index contributed by atoms with van der Waals surface area (Å²) in [5.41, 5.74) is 9.65. The summed E-state index contributed by atoms with van der Waals surface area (Å²) in [6.45, 7) is 6.71. The Morgan fingerprint density at radius 2 is 1.83 bits per heavy atom. The molecular formula is C14H18N4. The third-order valence-corrected chi connectivity index (χ3v) is 3.07. The summed E-state index contributed by atoms with van der Waals surface area (Å²) in [4.78, 5) is 13.4. The molecule has 0 bridgehead atoms. The van der Waals surface area contributed by atoms with Crippen molar-refractivity contribution >= 4 is 0 Å². The zero-order valence-electron chi connectivity index (χ0n) is 11.0. The Morgan fingerprint density at radius 1 is 1.17 bits per heavy atom. The van der Waals surface area contributed by atoms with Crippen molar-refractivity contribution in [2.45, 2.75) is 26.7 Å². The van der Waals surface area contributed by atoms with Crippen LogP contribution in [0.25, 0.3) is 11.5 Å². The van der Waals surface area contributed by atoms with Crippen LogP contribution in [0, 0.1) is 13.8 Å². The largest absolute Gasteiger partial charge is 0.330 e. The van der Waals surface area contributed by atoms with Gasteiger partial charge in [0.05, 0.1) is 0 Å². The molecule has 0 radical (unpaired) electrons. The maximum absolute atomic E-state index is 5.72. The fourth-order valence-electron chi connectivity index (χ4n) is 2.17. The van der Waals surface area contributed by atoms with Gasteiger partial charge in [-0.2, -0.15) is 0 Å². The molecule has 1 atom stereocenters. The molecule has 94 valence electrons. The van der Waals surface area contributed by atoms with Crippen LogP contribution in [0.5, 0.6) is 0 Å². The average Bonchev–Trinajstić information content (AvgIpc) is 2.38. The summed E-state index contributed by atoms with van der Waals surface area (Å²) in [5.74, 6) is 0.960. The number of hydrogen-bond acceptors (Lipinski definition) is 4. The Bertz CT molecular complexity index is 514. The van der Waals surface area contributed by atoms with E-state index in [-0.39, 0.29) is 5.92 Å². The fraction of sp³-hybridized carbons (Fsp3) is 0.357. The number of aryl methyl sites for hydroxylation is 2. The Hall–Kier alpha value is -1.81. The highest BCUT2D eigenvalue weighted by Gasteiger charge is 2.14. The molecular weight excluding hydrogens is 224 g/mol. The topological polar surface area (TPSA) is 64.7 Å². The maximum Gasteiger partial charge on any atom is 0.178 e. The van der Waals surface area contributed by atoms with Gasteiger partial charge in [0.2, 0.25) is 0 Å². The standard InChI is InChI=1S/C14H18N4/c1-9(8-15)13-10(2)17-14(18-11(13)3)12-6-4-5-7-16-12/h4-7,9H,8,15H2,1-3H3. The van der Waals surface area contributed by atoms with E-state index in [1.54, 1.807) is 6.20 Å². The SMILES string of the molecule is Cc1nc(-c2ccccn2)nc(C)c1C(C)CN. The molecule has 2 aromatic heterocycles. The van der Waals surface area contributed by atoms with E-state index in [0.29, 0.717) is 12.4 Å². The van der Waals surface area contributed by atoms with Gasteiger partial charge >= 0.3 is 0 Å². The second kappa shape index (κ2) is 5.23. The van der Waals surface area contributed by atoms with Crippen LogP contribution in [0.15, 0.2) is 24.4 Å². The zero-order valence-corrected chi connectivity index (χ0v) is 11.0. The number of pyridine rings is 1. The average molecular weight is 242 g/mol. The molecule has 18 heavy (non-hydrogen) atoms. The van der Waals surface area contributed by atoms with Crippen LogP contribution < -0.4 is 5.73 Å². The van der Waals surface area contributed by atoms with Crippen molar-refractivity contribution in [3.05, 3.63) is 41.3 Å². The molecule has 0 aromatic carbocycles. The van der Waals surface area contributed by atoms with Crippen LogP contribution in [0.3, 0.4) is 0 Å². The Kier molecular flexibility index (Phi) is 3.67. The summed E-state index contributed by atoms with van der Waals surface area (Å²) in [6, 6.07) is 5.74. The molecule has 0 aliphatic rings. The van der Waals surface area contributed by atoms with Gasteiger partial charge in [-0.05, 0) is 44.0 Å². The normalized spacial score (nSPS) is 12.4. The third kappa shape index (κ3) is 2.38. The summed E-state index contributed by atoms with van der Waals surface area (Å²) in [7, 11) is 0. The Balaban J connectivity index is 2.49. The summed E-state index contributed by atoms with van der Waals surface area (Å²) < 4.78 is 0. The van der Waals surface area contributed by atoms with E-state index in [0.717, 1.165) is 22.6 Å². The van der Waals surface area contributed by atoms with Gasteiger partial charge in [0.1, 0.15) is 5.69 Å². The minimum atomic E-state index is 0.280. The number of nitrogens with two attached hydrogens (primary N) is 1. The van der Waals surface area contributed by atoms with E-state index in [1.165, 1.54) is 0 Å². The zero-order chi connectivity index (χ0) is 13.1. The molecule has 4 nitrogen and oxygen atoms in total. The summed E-state index contributed by atoms with van der Waals surface area (Å²) in [5, 5.41) is 0. The smallest absolute Gasteiger partial charge is 0.178 e. The highest BCUT2D eigenvalue weighted by molar-refractivity contribution is 5.50. The lowest BCUT2D eigenvalue weighted by Gasteiger charge is -2.15. The molecule has 0 fully saturated rings. The Morgan fingerprint density at radius 3 is 2.33 bits per heavy atom. The Labute approximate surface area is 107 Å². The van der Waals surface area contributed by atoms with Crippen LogP contribution in [0.1, 0.15) is 29.8 Å². The fourth-order valence-corrected chi connectivity index (χ4v) is 2.17. The lowest BCUT2D eigenvalue weighted by molar-refractivity contribution is 0.743. The molecule has 0 saturated heterocycles. The molecule has 0 spiro atoms. The number of nitrogens with zero attached hydrogens (tertiary/aromatic N) is 3. The molecule has 2 aromatic rings. The highest BCUT2D eigenvalue weighted by atomic mass is 14.9. The van der Waals surface area contributed by atoms with Crippen LogP contribution in [-0.2, 0) is 0 Å². The van der Waals surface area contributed by atoms with Crippen LogP contribution >= 0.6 is 0 Å². The van der Waals surface area contributed by atoms with Crippen molar-refractivity contribution < 1.29 is 0 Å². The van der Waals surface area contributed by atoms with Gasteiger partial charge < -0.3 is 5.73 Å². The van der Waals surface area contributed by atoms with Gasteiger partial charge in [0, 0.05) is 17.6 Å². The van der Waals surface area contributed by atoms with Gasteiger partial charge in [0.25, 0.3) is 0 Å². The first-order chi connectivity index (χ1) is 8.63. The number of rotatable bonds is 3. The highest BCUT2D eigenvalue weighted by Crippen LogP contribution is 2.22. The number of aromatic nitrogens is 3. The molecule has 2 N–H and O–H groups in total. The monoisotopic (exact) mass is 242 g/mol. The summed E-state index contributed by atoms with van der Waals surface area (Å²) in [6.07, 6.45) is 1.75. The first-order valence-electron chi connectivity index (χ1n) is 6.10. The molecule has 4 heteroatoms. The first kappa shape index (κ1) is 12.6. The second-order valence-corrected chi connectivity index (χ2v) is 4.48. The summed E-state index contributed by atoms with van der Waals surface area (Å²) >= 11 is 0. The molecule has 0 aliphatic heterocycles.